The van der Waals surface area contributed by atoms with Crippen LogP contribution in [0.2, 0.25) is 0 Å². The molecule has 1 heterocycles. The molecule has 1 aliphatic rings. The number of para-hydroxylation sites is 1. The quantitative estimate of drug-likeness (QED) is 0.209. The molecule has 1 aliphatic heterocycles. The molecule has 0 saturated carbocycles. The van der Waals surface area contributed by atoms with E-state index in [1.54, 1.807) is 0 Å². The van der Waals surface area contributed by atoms with Gasteiger partial charge in [-0.2, -0.15) is 0 Å². The number of hydrogen-bond donors (Lipinski definition) is 2. The van der Waals surface area contributed by atoms with E-state index in [9.17, 15) is 4.79 Å². The van der Waals surface area contributed by atoms with Crippen molar-refractivity contribution in [2.75, 3.05) is 26.2 Å². The highest BCUT2D eigenvalue weighted by Gasteiger charge is 2.20. The van der Waals surface area contributed by atoms with Crippen LogP contribution in [0.15, 0.2) is 59.6 Å². The minimum atomic E-state index is 0. The second-order valence-corrected chi connectivity index (χ2v) is 7.32. The van der Waals surface area contributed by atoms with Crippen LogP contribution in [0.1, 0.15) is 37.3 Å². The highest BCUT2D eigenvalue weighted by molar-refractivity contribution is 14.0. The van der Waals surface area contributed by atoms with E-state index in [2.05, 4.69) is 29.7 Å². The number of amides is 1. The Balaban J connectivity index is 0.00000341. The first kappa shape index (κ1) is 25.0. The highest BCUT2D eigenvalue weighted by Crippen LogP contribution is 2.17. The lowest BCUT2D eigenvalue weighted by molar-refractivity contribution is -0.128. The summed E-state index contributed by atoms with van der Waals surface area (Å²) in [5.41, 5.74) is 2.32. The van der Waals surface area contributed by atoms with Gasteiger partial charge in [0, 0.05) is 32.6 Å². The molecular formula is C24H33IN4O2. The predicted molar refractivity (Wildman–Crippen MR) is 136 cm³/mol. The minimum absolute atomic E-state index is 0. The molecular weight excluding hydrogens is 503 g/mol. The molecule has 0 atom stereocenters. The molecule has 2 aromatic rings. The van der Waals surface area contributed by atoms with E-state index in [0.29, 0.717) is 26.1 Å². The maximum atomic E-state index is 12.0. The number of benzene rings is 2. The Bertz CT molecular complexity index is 829. The zero-order chi connectivity index (χ0) is 21.0. The number of aliphatic imine (C=N–C) groups is 1. The fourth-order valence-corrected chi connectivity index (χ4v) is 3.43. The summed E-state index contributed by atoms with van der Waals surface area (Å²) in [4.78, 5) is 18.7. The number of ether oxygens (including phenoxy) is 1. The standard InChI is InChI=1S/C24H32N4O2.HI/c1-2-25-24(26-15-9-17-30-22-12-4-3-5-13-22)27-18-20-10-6-7-11-21(20)19-28-16-8-14-23(28)29;/h3-7,10-13H,2,8-9,14-19H2,1H3,(H2,25,26,27);1H. The number of guanidine groups is 1. The van der Waals surface area contributed by atoms with E-state index in [1.807, 2.05) is 47.4 Å². The fourth-order valence-electron chi connectivity index (χ4n) is 3.43. The van der Waals surface area contributed by atoms with Gasteiger partial charge in [0.1, 0.15) is 5.75 Å². The maximum absolute atomic E-state index is 12.0. The van der Waals surface area contributed by atoms with Crippen LogP contribution in [-0.4, -0.2) is 43.0 Å². The molecule has 0 radical (unpaired) electrons. The van der Waals surface area contributed by atoms with Gasteiger partial charge in [-0.05, 0) is 43.0 Å². The van der Waals surface area contributed by atoms with Gasteiger partial charge >= 0.3 is 0 Å². The van der Waals surface area contributed by atoms with Crippen LogP contribution < -0.4 is 15.4 Å². The third-order valence-corrected chi connectivity index (χ3v) is 5.03. The number of hydrogen-bond acceptors (Lipinski definition) is 3. The molecule has 2 N–H and O–H groups in total. The van der Waals surface area contributed by atoms with Crippen molar-refractivity contribution in [3.8, 4) is 5.75 Å². The van der Waals surface area contributed by atoms with Gasteiger partial charge in [-0.3, -0.25) is 4.79 Å². The molecule has 1 fully saturated rings. The van der Waals surface area contributed by atoms with Crippen molar-refractivity contribution in [1.82, 2.24) is 15.5 Å². The first-order chi connectivity index (χ1) is 14.8. The van der Waals surface area contributed by atoms with Crippen LogP contribution in [0, 0.1) is 0 Å². The number of nitrogens with zero attached hydrogens (tertiary/aromatic N) is 2. The summed E-state index contributed by atoms with van der Waals surface area (Å²) in [7, 11) is 0. The van der Waals surface area contributed by atoms with Crippen LogP contribution in [0.5, 0.6) is 5.75 Å². The third-order valence-electron chi connectivity index (χ3n) is 5.03. The van der Waals surface area contributed by atoms with Gasteiger partial charge in [-0.15, -0.1) is 24.0 Å². The van der Waals surface area contributed by atoms with Crippen LogP contribution in [-0.2, 0) is 17.9 Å². The molecule has 2 aromatic carbocycles. The van der Waals surface area contributed by atoms with Crippen molar-refractivity contribution in [3.05, 3.63) is 65.7 Å². The van der Waals surface area contributed by atoms with Gasteiger partial charge in [0.2, 0.25) is 5.91 Å². The molecule has 0 spiro atoms. The third kappa shape index (κ3) is 8.40. The van der Waals surface area contributed by atoms with Gasteiger partial charge in [-0.25, -0.2) is 4.99 Å². The van der Waals surface area contributed by atoms with E-state index in [4.69, 9.17) is 9.73 Å². The van der Waals surface area contributed by atoms with Gasteiger partial charge < -0.3 is 20.3 Å². The van der Waals surface area contributed by atoms with Crippen molar-refractivity contribution >= 4 is 35.8 Å². The zero-order valence-electron chi connectivity index (χ0n) is 18.2. The summed E-state index contributed by atoms with van der Waals surface area (Å²) < 4.78 is 5.73. The van der Waals surface area contributed by atoms with Crippen LogP contribution in [0.25, 0.3) is 0 Å². The predicted octanol–water partition coefficient (Wildman–Crippen LogP) is 3.95. The summed E-state index contributed by atoms with van der Waals surface area (Å²) >= 11 is 0. The lowest BCUT2D eigenvalue weighted by atomic mass is 10.1. The smallest absolute Gasteiger partial charge is 0.222 e. The molecule has 7 heteroatoms. The Morgan fingerprint density at radius 3 is 2.52 bits per heavy atom. The van der Waals surface area contributed by atoms with E-state index >= 15 is 0 Å². The molecule has 0 bridgehead atoms. The normalized spacial score (nSPS) is 13.6. The molecule has 1 amide bonds. The molecule has 3 rings (SSSR count). The van der Waals surface area contributed by atoms with Gasteiger partial charge in [-0.1, -0.05) is 42.5 Å². The van der Waals surface area contributed by atoms with E-state index in [0.717, 1.165) is 49.7 Å². The van der Waals surface area contributed by atoms with E-state index in [1.165, 1.54) is 5.56 Å². The number of halogens is 1. The fraction of sp³-hybridized carbons (Fsp3) is 0.417. The average Bonchev–Trinajstić information content (AvgIpc) is 3.17. The number of carbonyl (C=O) groups excluding carboxylic acids is 1. The molecule has 0 unspecified atom stereocenters. The second kappa shape index (κ2) is 13.9. The summed E-state index contributed by atoms with van der Waals surface area (Å²) in [6.45, 7) is 6.40. The van der Waals surface area contributed by atoms with Gasteiger partial charge in [0.05, 0.1) is 13.2 Å². The Labute approximate surface area is 202 Å². The maximum Gasteiger partial charge on any atom is 0.222 e. The van der Waals surface area contributed by atoms with Crippen molar-refractivity contribution in [2.24, 2.45) is 4.99 Å². The van der Waals surface area contributed by atoms with Crippen molar-refractivity contribution in [2.45, 2.75) is 39.3 Å². The first-order valence-corrected chi connectivity index (χ1v) is 10.8. The minimum Gasteiger partial charge on any atom is -0.494 e. The van der Waals surface area contributed by atoms with Gasteiger partial charge in [0.15, 0.2) is 5.96 Å². The monoisotopic (exact) mass is 536 g/mol. The average molecular weight is 536 g/mol. The van der Waals surface area contributed by atoms with Gasteiger partial charge in [0.25, 0.3) is 0 Å². The largest absolute Gasteiger partial charge is 0.494 e. The Hall–Kier alpha value is -2.29. The van der Waals surface area contributed by atoms with Crippen LogP contribution in [0.3, 0.4) is 0 Å². The lowest BCUT2D eigenvalue weighted by Gasteiger charge is -2.18. The number of carbonyl (C=O) groups is 1. The highest BCUT2D eigenvalue weighted by atomic mass is 127. The Morgan fingerprint density at radius 2 is 1.81 bits per heavy atom. The van der Waals surface area contributed by atoms with Crippen LogP contribution >= 0.6 is 24.0 Å². The van der Waals surface area contributed by atoms with Crippen molar-refractivity contribution in [1.29, 1.82) is 0 Å². The topological polar surface area (TPSA) is 66.0 Å². The summed E-state index contributed by atoms with van der Waals surface area (Å²) in [5.74, 6) is 1.94. The number of nitrogens with one attached hydrogen (secondary N) is 2. The Kier molecular flexibility index (Phi) is 11.2. The molecule has 31 heavy (non-hydrogen) atoms. The van der Waals surface area contributed by atoms with E-state index < -0.39 is 0 Å². The summed E-state index contributed by atoms with van der Waals surface area (Å²) in [6.07, 6.45) is 2.51. The molecule has 0 aliphatic carbocycles. The first-order valence-electron chi connectivity index (χ1n) is 10.8. The number of likely N-dealkylation sites (tertiary alicyclic amines) is 1. The summed E-state index contributed by atoms with van der Waals surface area (Å²) in [5, 5.41) is 6.67. The molecule has 1 saturated heterocycles. The molecule has 168 valence electrons. The lowest BCUT2D eigenvalue weighted by Crippen LogP contribution is -2.38. The zero-order valence-corrected chi connectivity index (χ0v) is 20.5. The summed E-state index contributed by atoms with van der Waals surface area (Å²) in [6, 6.07) is 18.1. The molecule has 0 aromatic heterocycles. The van der Waals surface area contributed by atoms with Crippen LogP contribution in [0.4, 0.5) is 0 Å². The van der Waals surface area contributed by atoms with Crippen molar-refractivity contribution < 1.29 is 9.53 Å². The second-order valence-electron chi connectivity index (χ2n) is 7.32. The SMILES string of the molecule is CCNC(=NCc1ccccc1CN1CCCC1=O)NCCCOc1ccccc1.I. The van der Waals surface area contributed by atoms with E-state index in [-0.39, 0.29) is 29.9 Å². The van der Waals surface area contributed by atoms with Crippen molar-refractivity contribution in [3.63, 3.8) is 0 Å². The Morgan fingerprint density at radius 1 is 1.06 bits per heavy atom. The molecule has 6 nitrogen and oxygen atoms in total. The number of rotatable bonds is 10.